The van der Waals surface area contributed by atoms with Gasteiger partial charge in [-0.3, -0.25) is 14.6 Å². The number of para-hydroxylation sites is 1. The minimum absolute atomic E-state index is 0.198. The van der Waals surface area contributed by atoms with Gasteiger partial charge in [0.2, 0.25) is 0 Å². The second-order valence-corrected chi connectivity index (χ2v) is 4.43. The Hall–Kier alpha value is -3.22. The van der Waals surface area contributed by atoms with Crippen LogP contribution in [0.4, 0.5) is 0 Å². The molecule has 1 aromatic heterocycles. The highest BCUT2D eigenvalue weighted by molar-refractivity contribution is 5.98. The minimum atomic E-state index is -0.444. The van der Waals surface area contributed by atoms with E-state index in [9.17, 15) is 9.59 Å². The van der Waals surface area contributed by atoms with Crippen molar-refractivity contribution >= 4 is 18.0 Å². The van der Waals surface area contributed by atoms with Crippen LogP contribution < -0.4 is 15.5 Å². The van der Waals surface area contributed by atoms with E-state index in [1.807, 2.05) is 6.07 Å². The number of hydrazone groups is 1. The largest absolute Gasteiger partial charge is 0.496 e. The number of hydrogen-bond acceptors (Lipinski definition) is 5. The van der Waals surface area contributed by atoms with Gasteiger partial charge in [-0.2, -0.15) is 5.10 Å². The topological polar surface area (TPSA) is 92.7 Å². The number of methoxy groups -OCH3 is 1. The lowest BCUT2D eigenvalue weighted by Gasteiger charge is -2.08. The molecule has 0 aliphatic carbocycles. The van der Waals surface area contributed by atoms with Crippen LogP contribution in [0.1, 0.15) is 16.1 Å². The van der Waals surface area contributed by atoms with E-state index in [1.165, 1.54) is 13.3 Å². The second-order valence-electron chi connectivity index (χ2n) is 4.43. The molecule has 1 aromatic carbocycles. The van der Waals surface area contributed by atoms with Crippen molar-refractivity contribution < 1.29 is 14.3 Å². The van der Waals surface area contributed by atoms with Crippen molar-refractivity contribution in [1.29, 1.82) is 0 Å². The molecule has 0 saturated carbocycles. The summed E-state index contributed by atoms with van der Waals surface area (Å²) in [6, 6.07) is 12.1. The van der Waals surface area contributed by atoms with E-state index in [4.69, 9.17) is 4.74 Å². The third-order valence-electron chi connectivity index (χ3n) is 2.83. The molecule has 2 aromatic rings. The fourth-order valence-corrected chi connectivity index (χ4v) is 1.75. The molecule has 2 rings (SSSR count). The zero-order valence-electron chi connectivity index (χ0n) is 12.5. The van der Waals surface area contributed by atoms with Gasteiger partial charge in [0.15, 0.2) is 0 Å². The minimum Gasteiger partial charge on any atom is -0.496 e. The maximum absolute atomic E-state index is 12.0. The monoisotopic (exact) mass is 312 g/mol. The number of benzene rings is 1. The van der Waals surface area contributed by atoms with Crippen LogP contribution >= 0.6 is 0 Å². The van der Waals surface area contributed by atoms with Crippen molar-refractivity contribution in [3.63, 3.8) is 0 Å². The van der Waals surface area contributed by atoms with Crippen molar-refractivity contribution in [1.82, 2.24) is 15.7 Å². The standard InChI is InChI=1S/C16H16N4O3/c1-23-14-8-3-2-7-13(14)16(22)18-11-15(21)20-19-10-12-6-4-5-9-17-12/h2-10H,11H2,1H3,(H,18,22)(H,20,21)/b19-10+. The smallest absolute Gasteiger partial charge is 0.259 e. The molecule has 23 heavy (non-hydrogen) atoms. The molecule has 0 aliphatic rings. The quantitative estimate of drug-likeness (QED) is 0.614. The van der Waals surface area contributed by atoms with Gasteiger partial charge in [-0.15, -0.1) is 0 Å². The van der Waals surface area contributed by atoms with Crippen molar-refractivity contribution in [2.45, 2.75) is 0 Å². The van der Waals surface area contributed by atoms with Crippen LogP contribution in [-0.2, 0) is 4.79 Å². The predicted octanol–water partition coefficient (Wildman–Crippen LogP) is 0.970. The van der Waals surface area contributed by atoms with Gasteiger partial charge in [-0.05, 0) is 24.3 Å². The predicted molar refractivity (Wildman–Crippen MR) is 85.3 cm³/mol. The summed E-state index contributed by atoms with van der Waals surface area (Å²) in [4.78, 5) is 27.7. The van der Waals surface area contributed by atoms with E-state index in [0.29, 0.717) is 17.0 Å². The Morgan fingerprint density at radius 2 is 2.00 bits per heavy atom. The van der Waals surface area contributed by atoms with Crippen molar-refractivity contribution in [2.75, 3.05) is 13.7 Å². The molecule has 0 atom stereocenters. The van der Waals surface area contributed by atoms with Gasteiger partial charge in [0.1, 0.15) is 5.75 Å². The Labute approximate surface area is 133 Å². The molecule has 0 bridgehead atoms. The number of rotatable bonds is 6. The lowest BCUT2D eigenvalue weighted by Crippen LogP contribution is -2.35. The first-order valence-electron chi connectivity index (χ1n) is 6.85. The number of nitrogens with zero attached hydrogens (tertiary/aromatic N) is 2. The summed E-state index contributed by atoms with van der Waals surface area (Å²) in [5, 5.41) is 6.26. The Bertz CT molecular complexity index is 701. The molecular weight excluding hydrogens is 296 g/mol. The number of amides is 2. The lowest BCUT2D eigenvalue weighted by atomic mass is 10.2. The Balaban J connectivity index is 1.82. The molecule has 2 amide bonds. The van der Waals surface area contributed by atoms with Gasteiger partial charge < -0.3 is 10.1 Å². The molecule has 1 heterocycles. The Kier molecular flexibility index (Phi) is 5.81. The van der Waals surface area contributed by atoms with Crippen LogP contribution in [0.5, 0.6) is 5.75 Å². The van der Waals surface area contributed by atoms with Crippen LogP contribution in [0, 0.1) is 0 Å². The zero-order valence-corrected chi connectivity index (χ0v) is 12.5. The second kappa shape index (κ2) is 8.28. The van der Waals surface area contributed by atoms with E-state index in [0.717, 1.165) is 0 Å². The van der Waals surface area contributed by atoms with Crippen LogP contribution in [0.25, 0.3) is 0 Å². The summed E-state index contributed by atoms with van der Waals surface area (Å²) in [6.45, 7) is -0.198. The number of carbonyl (C=O) groups excluding carboxylic acids is 2. The third-order valence-corrected chi connectivity index (χ3v) is 2.83. The Morgan fingerprint density at radius 3 is 2.74 bits per heavy atom. The molecule has 0 unspecified atom stereocenters. The molecule has 7 heteroatoms. The summed E-state index contributed by atoms with van der Waals surface area (Å²) >= 11 is 0. The fraction of sp³-hybridized carbons (Fsp3) is 0.125. The highest BCUT2D eigenvalue weighted by Gasteiger charge is 2.12. The molecular formula is C16H16N4O3. The van der Waals surface area contributed by atoms with Gasteiger partial charge in [0.05, 0.1) is 31.1 Å². The summed E-state index contributed by atoms with van der Waals surface area (Å²) in [6.07, 6.45) is 3.04. The molecule has 0 radical (unpaired) electrons. The Morgan fingerprint density at radius 1 is 1.22 bits per heavy atom. The van der Waals surface area contributed by atoms with Crippen LogP contribution in [0.2, 0.25) is 0 Å². The van der Waals surface area contributed by atoms with Crippen LogP contribution in [0.3, 0.4) is 0 Å². The average molecular weight is 312 g/mol. The first-order chi connectivity index (χ1) is 11.2. The van der Waals surface area contributed by atoms with E-state index in [-0.39, 0.29) is 6.54 Å². The zero-order chi connectivity index (χ0) is 16.5. The molecule has 0 spiro atoms. The molecule has 118 valence electrons. The molecule has 0 aliphatic heterocycles. The highest BCUT2D eigenvalue weighted by Crippen LogP contribution is 2.16. The molecule has 7 nitrogen and oxygen atoms in total. The van der Waals surface area contributed by atoms with Crippen molar-refractivity contribution in [3.8, 4) is 5.75 Å². The van der Waals surface area contributed by atoms with Gasteiger partial charge in [-0.25, -0.2) is 5.43 Å². The number of aromatic nitrogens is 1. The van der Waals surface area contributed by atoms with Gasteiger partial charge >= 0.3 is 0 Å². The molecule has 2 N–H and O–H groups in total. The van der Waals surface area contributed by atoms with E-state index in [1.54, 1.807) is 42.6 Å². The fourth-order valence-electron chi connectivity index (χ4n) is 1.75. The number of hydrogen-bond donors (Lipinski definition) is 2. The number of carbonyl (C=O) groups is 2. The van der Waals surface area contributed by atoms with E-state index in [2.05, 4.69) is 20.8 Å². The number of pyridine rings is 1. The van der Waals surface area contributed by atoms with Gasteiger partial charge in [0, 0.05) is 6.20 Å². The normalized spacial score (nSPS) is 10.3. The maximum Gasteiger partial charge on any atom is 0.259 e. The van der Waals surface area contributed by atoms with Crippen molar-refractivity contribution in [2.24, 2.45) is 5.10 Å². The highest BCUT2D eigenvalue weighted by atomic mass is 16.5. The number of ether oxygens (including phenoxy) is 1. The van der Waals surface area contributed by atoms with Crippen LogP contribution in [0.15, 0.2) is 53.8 Å². The molecule has 0 saturated heterocycles. The summed E-state index contributed by atoms with van der Waals surface area (Å²) in [5.41, 5.74) is 3.29. The van der Waals surface area contributed by atoms with E-state index >= 15 is 0 Å². The molecule has 0 fully saturated rings. The summed E-state index contributed by atoms with van der Waals surface area (Å²) < 4.78 is 5.10. The number of nitrogens with one attached hydrogen (secondary N) is 2. The van der Waals surface area contributed by atoms with E-state index < -0.39 is 11.8 Å². The van der Waals surface area contributed by atoms with Crippen molar-refractivity contribution in [3.05, 3.63) is 59.9 Å². The first-order valence-corrected chi connectivity index (χ1v) is 6.85. The lowest BCUT2D eigenvalue weighted by molar-refractivity contribution is -0.120. The average Bonchev–Trinajstić information content (AvgIpc) is 2.60. The van der Waals surface area contributed by atoms with Gasteiger partial charge in [0.25, 0.3) is 11.8 Å². The van der Waals surface area contributed by atoms with Gasteiger partial charge in [-0.1, -0.05) is 18.2 Å². The van der Waals surface area contributed by atoms with Crippen LogP contribution in [-0.4, -0.2) is 36.7 Å². The first kappa shape index (κ1) is 16.2. The summed E-state index contributed by atoms with van der Waals surface area (Å²) in [7, 11) is 1.48. The third kappa shape index (κ3) is 4.92. The maximum atomic E-state index is 12.0. The SMILES string of the molecule is COc1ccccc1C(=O)NCC(=O)N/N=C/c1ccccn1. The summed E-state index contributed by atoms with van der Waals surface area (Å²) in [5.74, 6) is -0.398.